The van der Waals surface area contributed by atoms with Crippen LogP contribution in [0.1, 0.15) is 48.0 Å². The van der Waals surface area contributed by atoms with E-state index in [9.17, 15) is 19.2 Å². The second-order valence-corrected chi connectivity index (χ2v) is 6.33. The predicted octanol–water partition coefficient (Wildman–Crippen LogP) is 1.34. The van der Waals surface area contributed by atoms with Crippen molar-refractivity contribution in [2.75, 3.05) is 0 Å². The monoisotopic (exact) mass is 334 g/mol. The summed E-state index contributed by atoms with van der Waals surface area (Å²) in [4.78, 5) is 53.5. The summed E-state index contributed by atoms with van der Waals surface area (Å²) in [6.07, 6.45) is -2.83. The lowest BCUT2D eigenvalue weighted by Gasteiger charge is -2.19. The Hall–Kier alpha value is -2.52. The molecule has 23 heavy (non-hydrogen) atoms. The van der Waals surface area contributed by atoms with Crippen molar-refractivity contribution in [3.63, 3.8) is 0 Å². The summed E-state index contributed by atoms with van der Waals surface area (Å²) in [5, 5.41) is 0. The zero-order valence-electron chi connectivity index (χ0n) is 14.0. The molecule has 0 rings (SSSR count). The van der Waals surface area contributed by atoms with Gasteiger partial charge in [-0.15, -0.1) is 11.0 Å². The minimum atomic E-state index is -1.10. The van der Waals surface area contributed by atoms with Crippen molar-refractivity contribution in [2.45, 2.75) is 59.2 Å². The molecule has 10 heteroatoms. The summed E-state index contributed by atoms with van der Waals surface area (Å²) in [6, 6.07) is 0. The van der Waals surface area contributed by atoms with E-state index in [0.717, 1.165) is 0 Å². The highest BCUT2D eigenvalue weighted by atomic mass is 16.7. The lowest BCUT2D eigenvalue weighted by atomic mass is 10.2. The van der Waals surface area contributed by atoms with E-state index in [1.165, 1.54) is 0 Å². The summed E-state index contributed by atoms with van der Waals surface area (Å²) < 4.78 is 9.60. The van der Waals surface area contributed by atoms with Crippen LogP contribution in [0.4, 0.5) is 9.59 Å². The number of rotatable bonds is 2. The normalized spacial score (nSPS) is 11.0. The van der Waals surface area contributed by atoms with Crippen LogP contribution in [0.5, 0.6) is 0 Å². The lowest BCUT2D eigenvalue weighted by molar-refractivity contribution is -0.162. The van der Waals surface area contributed by atoms with Gasteiger partial charge in [0.15, 0.2) is 0 Å². The zero-order valence-corrected chi connectivity index (χ0v) is 14.0. The Morgan fingerprint density at radius 3 is 1.26 bits per heavy atom. The Morgan fingerprint density at radius 1 is 0.696 bits per heavy atom. The molecule has 0 atom stereocenters. The number of carbonyl (C=O) groups excluding carboxylic acids is 4. The summed E-state index contributed by atoms with van der Waals surface area (Å²) >= 11 is 0. The standard InChI is InChI=1S/C13H22N2O8/c1-12(2,3)20-10(18)14-22-8(16)7-9(17)23-15-11(19)21-13(4,5)6/h7H2,1-6H3,(H,14,18)(H,15,19). The lowest BCUT2D eigenvalue weighted by Crippen LogP contribution is -2.36. The van der Waals surface area contributed by atoms with Gasteiger partial charge in [0, 0.05) is 0 Å². The molecule has 132 valence electrons. The van der Waals surface area contributed by atoms with Crippen molar-refractivity contribution in [3.05, 3.63) is 0 Å². The summed E-state index contributed by atoms with van der Waals surface area (Å²) in [6.45, 7) is 9.71. The predicted molar refractivity (Wildman–Crippen MR) is 75.5 cm³/mol. The first kappa shape index (κ1) is 20.5. The van der Waals surface area contributed by atoms with Crippen molar-refractivity contribution in [1.29, 1.82) is 0 Å². The van der Waals surface area contributed by atoms with Gasteiger partial charge in [-0.1, -0.05) is 0 Å². The van der Waals surface area contributed by atoms with Crippen LogP contribution < -0.4 is 11.0 Å². The van der Waals surface area contributed by atoms with Crippen LogP contribution >= 0.6 is 0 Å². The average Bonchev–Trinajstić information content (AvgIpc) is 2.29. The zero-order chi connectivity index (χ0) is 18.3. The summed E-state index contributed by atoms with van der Waals surface area (Å²) in [5.74, 6) is -2.21. The highest BCUT2D eigenvalue weighted by Crippen LogP contribution is 2.07. The quantitative estimate of drug-likeness (QED) is 0.440. The minimum absolute atomic E-state index is 0.771. The Bertz CT molecular complexity index is 420. The second-order valence-electron chi connectivity index (χ2n) is 6.33. The Balaban J connectivity index is 4.01. The maximum Gasteiger partial charge on any atom is 0.441 e. The van der Waals surface area contributed by atoms with Gasteiger partial charge in [-0.3, -0.25) is 0 Å². The molecule has 2 amide bonds. The third-order valence-electron chi connectivity index (χ3n) is 1.58. The fraction of sp³-hybridized carbons (Fsp3) is 0.692. The highest BCUT2D eigenvalue weighted by molar-refractivity contribution is 5.91. The molecule has 10 nitrogen and oxygen atoms in total. The van der Waals surface area contributed by atoms with E-state index in [0.29, 0.717) is 0 Å². The van der Waals surface area contributed by atoms with Gasteiger partial charge in [0.25, 0.3) is 0 Å². The van der Waals surface area contributed by atoms with Gasteiger partial charge in [0.05, 0.1) is 0 Å². The van der Waals surface area contributed by atoms with E-state index in [4.69, 9.17) is 9.47 Å². The van der Waals surface area contributed by atoms with E-state index < -0.39 is 41.7 Å². The number of hydroxylamine groups is 2. The average molecular weight is 334 g/mol. The minimum Gasteiger partial charge on any atom is -0.442 e. The molecule has 0 saturated heterocycles. The SMILES string of the molecule is CC(C)(C)OC(=O)NOC(=O)CC(=O)ONC(=O)OC(C)(C)C. The van der Waals surface area contributed by atoms with E-state index >= 15 is 0 Å². The number of amides is 2. The van der Waals surface area contributed by atoms with Gasteiger partial charge in [-0.25, -0.2) is 19.2 Å². The molecular weight excluding hydrogens is 312 g/mol. The van der Waals surface area contributed by atoms with Crippen LogP contribution in [0.3, 0.4) is 0 Å². The third-order valence-corrected chi connectivity index (χ3v) is 1.58. The molecule has 0 radical (unpaired) electrons. The van der Waals surface area contributed by atoms with Crippen LogP contribution in [0.15, 0.2) is 0 Å². The second kappa shape index (κ2) is 8.20. The first-order chi connectivity index (χ1) is 10.3. The smallest absolute Gasteiger partial charge is 0.441 e. The topological polar surface area (TPSA) is 129 Å². The van der Waals surface area contributed by atoms with Crippen molar-refractivity contribution >= 4 is 24.1 Å². The van der Waals surface area contributed by atoms with Gasteiger partial charge in [-0.05, 0) is 41.5 Å². The highest BCUT2D eigenvalue weighted by Gasteiger charge is 2.20. The molecule has 0 aliphatic heterocycles. The molecule has 0 aliphatic carbocycles. The van der Waals surface area contributed by atoms with Crippen molar-refractivity contribution in [1.82, 2.24) is 11.0 Å². The van der Waals surface area contributed by atoms with Gasteiger partial charge in [0.2, 0.25) is 0 Å². The molecule has 0 spiro atoms. The fourth-order valence-electron chi connectivity index (χ4n) is 0.985. The van der Waals surface area contributed by atoms with E-state index in [-0.39, 0.29) is 0 Å². The molecule has 0 fully saturated rings. The van der Waals surface area contributed by atoms with Gasteiger partial charge < -0.3 is 19.1 Å². The summed E-state index contributed by atoms with van der Waals surface area (Å²) in [7, 11) is 0. The van der Waals surface area contributed by atoms with E-state index in [1.54, 1.807) is 52.5 Å². The Morgan fingerprint density at radius 2 is 1.00 bits per heavy atom. The summed E-state index contributed by atoms with van der Waals surface area (Å²) in [5.41, 5.74) is 1.88. The van der Waals surface area contributed by atoms with Crippen molar-refractivity contribution in [3.8, 4) is 0 Å². The Labute approximate surface area is 133 Å². The fourth-order valence-corrected chi connectivity index (χ4v) is 0.985. The van der Waals surface area contributed by atoms with Crippen molar-refractivity contribution in [2.24, 2.45) is 0 Å². The number of carbonyl (C=O) groups is 4. The van der Waals surface area contributed by atoms with Crippen LogP contribution in [0.2, 0.25) is 0 Å². The van der Waals surface area contributed by atoms with Crippen molar-refractivity contribution < 1.29 is 38.3 Å². The largest absolute Gasteiger partial charge is 0.442 e. The maximum absolute atomic E-state index is 11.3. The third kappa shape index (κ3) is 12.9. The first-order valence-corrected chi connectivity index (χ1v) is 6.66. The molecule has 2 N–H and O–H groups in total. The molecule has 0 heterocycles. The van der Waals surface area contributed by atoms with Gasteiger partial charge in [0.1, 0.15) is 17.6 Å². The number of ether oxygens (including phenoxy) is 2. The van der Waals surface area contributed by atoms with E-state index in [1.807, 2.05) is 0 Å². The van der Waals surface area contributed by atoms with Crippen LogP contribution in [0.25, 0.3) is 0 Å². The Kier molecular flexibility index (Phi) is 7.30. The molecule has 0 aliphatic rings. The molecular formula is C13H22N2O8. The molecule has 0 saturated carbocycles. The molecule has 0 aromatic heterocycles. The number of nitrogens with one attached hydrogen (secondary N) is 2. The first-order valence-electron chi connectivity index (χ1n) is 6.66. The molecule has 0 aromatic rings. The maximum atomic E-state index is 11.3. The van der Waals surface area contributed by atoms with Crippen LogP contribution in [0, 0.1) is 0 Å². The molecule has 0 aromatic carbocycles. The molecule has 0 bridgehead atoms. The molecule has 0 unspecified atom stereocenters. The van der Waals surface area contributed by atoms with Gasteiger partial charge in [-0.2, -0.15) is 0 Å². The van der Waals surface area contributed by atoms with Crippen LogP contribution in [-0.4, -0.2) is 35.3 Å². The number of hydrogen-bond donors (Lipinski definition) is 2. The van der Waals surface area contributed by atoms with Crippen LogP contribution in [-0.2, 0) is 28.7 Å². The number of hydrogen-bond acceptors (Lipinski definition) is 8. The van der Waals surface area contributed by atoms with Gasteiger partial charge >= 0.3 is 24.1 Å². The van der Waals surface area contributed by atoms with E-state index in [2.05, 4.69) is 9.68 Å².